The number of nitrogens with zero attached hydrogens (tertiary/aromatic N) is 2. The summed E-state index contributed by atoms with van der Waals surface area (Å²) in [5.74, 6) is -0.280. The van der Waals surface area contributed by atoms with Crippen LogP contribution < -0.4 is 0 Å². The Hall–Kier alpha value is -1.86. The maximum absolute atomic E-state index is 13.1. The number of benzene rings is 1. The summed E-state index contributed by atoms with van der Waals surface area (Å²) in [6.45, 7) is 0. The van der Waals surface area contributed by atoms with Crippen LogP contribution in [0, 0.1) is 17.1 Å². The molecule has 0 saturated carbocycles. The van der Waals surface area contributed by atoms with Gasteiger partial charge in [0.2, 0.25) is 0 Å². The maximum Gasteiger partial charge on any atom is 0.154 e. The first-order chi connectivity index (χ1) is 8.24. The second-order valence-corrected chi connectivity index (χ2v) is 4.25. The van der Waals surface area contributed by atoms with Crippen LogP contribution in [-0.4, -0.2) is 11.2 Å². The van der Waals surface area contributed by atoms with Crippen molar-refractivity contribution in [3.63, 3.8) is 0 Å². The summed E-state index contributed by atoms with van der Waals surface area (Å²) < 4.78 is 13.1. The molecule has 0 atom stereocenters. The normalized spacial score (nSPS) is 9.94. The topological polar surface area (TPSA) is 36.7 Å². The summed E-state index contributed by atoms with van der Waals surface area (Å²) in [5.41, 5.74) is 1.97. The van der Waals surface area contributed by atoms with Crippen molar-refractivity contribution in [1.29, 1.82) is 5.26 Å². The lowest BCUT2D eigenvalue weighted by molar-refractivity contribution is 0.628. The van der Waals surface area contributed by atoms with Crippen LogP contribution in [0.2, 0.25) is 0 Å². The van der Waals surface area contributed by atoms with Crippen molar-refractivity contribution in [2.24, 2.45) is 0 Å². The molecule has 0 N–H and O–H groups in total. The van der Waals surface area contributed by atoms with Crippen LogP contribution in [0.5, 0.6) is 0 Å². The molecule has 0 bridgehead atoms. The maximum atomic E-state index is 13.1. The van der Waals surface area contributed by atoms with E-state index in [9.17, 15) is 4.39 Å². The molecule has 2 aromatic rings. The lowest BCUT2D eigenvalue weighted by Crippen LogP contribution is -1.89. The van der Waals surface area contributed by atoms with E-state index < -0.39 is 0 Å². The number of thioether (sulfide) groups is 1. The number of hydrogen-bond donors (Lipinski definition) is 0. The Morgan fingerprint density at radius 2 is 2.12 bits per heavy atom. The van der Waals surface area contributed by atoms with Gasteiger partial charge in [-0.1, -0.05) is 12.1 Å². The van der Waals surface area contributed by atoms with Gasteiger partial charge < -0.3 is 0 Å². The predicted molar refractivity (Wildman–Crippen MR) is 66.1 cm³/mol. The summed E-state index contributed by atoms with van der Waals surface area (Å²) in [4.78, 5) is 4.87. The lowest BCUT2D eigenvalue weighted by atomic mass is 10.1. The van der Waals surface area contributed by atoms with Gasteiger partial charge in [-0.15, -0.1) is 11.8 Å². The van der Waals surface area contributed by atoms with E-state index in [2.05, 4.69) is 4.98 Å². The van der Waals surface area contributed by atoms with E-state index >= 15 is 0 Å². The SMILES string of the molecule is CSc1cc(-c2cccc(F)c2)cnc1C#N. The average Bonchev–Trinajstić information content (AvgIpc) is 2.38. The van der Waals surface area contributed by atoms with E-state index in [1.165, 1.54) is 23.9 Å². The molecule has 1 aromatic heterocycles. The van der Waals surface area contributed by atoms with Gasteiger partial charge in [0, 0.05) is 16.7 Å². The zero-order valence-corrected chi connectivity index (χ0v) is 9.96. The lowest BCUT2D eigenvalue weighted by Gasteiger charge is -2.04. The smallest absolute Gasteiger partial charge is 0.154 e. The van der Waals surface area contributed by atoms with Crippen molar-refractivity contribution < 1.29 is 4.39 Å². The Bertz CT molecular complexity index is 590. The van der Waals surface area contributed by atoms with Crippen molar-refractivity contribution in [2.75, 3.05) is 6.26 Å². The van der Waals surface area contributed by atoms with E-state index in [1.54, 1.807) is 12.3 Å². The van der Waals surface area contributed by atoms with Crippen LogP contribution in [-0.2, 0) is 0 Å². The molecule has 4 heteroatoms. The monoisotopic (exact) mass is 244 g/mol. The third kappa shape index (κ3) is 2.45. The molecular formula is C13H9FN2S. The third-order valence-corrected chi connectivity index (χ3v) is 3.09. The molecule has 1 heterocycles. The summed E-state index contributed by atoms with van der Waals surface area (Å²) in [5, 5.41) is 8.87. The van der Waals surface area contributed by atoms with E-state index in [-0.39, 0.29) is 5.82 Å². The standard InChI is InChI=1S/C13H9FN2S/c1-17-13-6-10(8-16-12(13)7-15)9-3-2-4-11(14)5-9/h2-6,8H,1H3. The Morgan fingerprint density at radius 1 is 1.29 bits per heavy atom. The minimum Gasteiger partial charge on any atom is -0.244 e. The zero-order chi connectivity index (χ0) is 12.3. The Morgan fingerprint density at radius 3 is 2.76 bits per heavy atom. The molecule has 0 aliphatic carbocycles. The first kappa shape index (κ1) is 11.6. The van der Waals surface area contributed by atoms with E-state index in [0.717, 1.165) is 16.0 Å². The Kier molecular flexibility index (Phi) is 3.40. The number of halogens is 1. The number of aromatic nitrogens is 1. The third-order valence-electron chi connectivity index (χ3n) is 2.34. The first-order valence-corrected chi connectivity index (χ1v) is 6.17. The molecule has 0 saturated heterocycles. The Balaban J connectivity index is 2.51. The van der Waals surface area contributed by atoms with Gasteiger partial charge in [0.05, 0.1) is 0 Å². The van der Waals surface area contributed by atoms with Crippen molar-refractivity contribution in [3.05, 3.63) is 48.0 Å². The molecule has 2 rings (SSSR count). The highest BCUT2D eigenvalue weighted by atomic mass is 32.2. The first-order valence-electron chi connectivity index (χ1n) is 4.94. The molecule has 84 valence electrons. The van der Waals surface area contributed by atoms with Gasteiger partial charge in [-0.25, -0.2) is 9.37 Å². The molecule has 17 heavy (non-hydrogen) atoms. The van der Waals surface area contributed by atoms with Crippen molar-refractivity contribution in [2.45, 2.75) is 4.90 Å². The van der Waals surface area contributed by atoms with Crippen molar-refractivity contribution >= 4 is 11.8 Å². The zero-order valence-electron chi connectivity index (χ0n) is 9.14. The van der Waals surface area contributed by atoms with Crippen LogP contribution in [0.25, 0.3) is 11.1 Å². The minimum atomic E-state index is -0.280. The molecule has 0 spiro atoms. The number of rotatable bonds is 2. The summed E-state index contributed by atoms with van der Waals surface area (Å²) in [6, 6.07) is 10.2. The summed E-state index contributed by atoms with van der Waals surface area (Å²) >= 11 is 1.45. The van der Waals surface area contributed by atoms with Crippen molar-refractivity contribution in [1.82, 2.24) is 4.98 Å². The van der Waals surface area contributed by atoms with Gasteiger partial charge in [-0.05, 0) is 30.0 Å². The molecular weight excluding hydrogens is 235 g/mol. The molecule has 0 unspecified atom stereocenters. The van der Waals surface area contributed by atoms with Gasteiger partial charge >= 0.3 is 0 Å². The Labute approximate surface area is 103 Å². The van der Waals surface area contributed by atoms with Crippen LogP contribution in [0.1, 0.15) is 5.69 Å². The largest absolute Gasteiger partial charge is 0.244 e. The van der Waals surface area contributed by atoms with Gasteiger partial charge in [-0.3, -0.25) is 0 Å². The van der Waals surface area contributed by atoms with Gasteiger partial charge in [0.25, 0.3) is 0 Å². The number of nitriles is 1. The number of hydrogen-bond acceptors (Lipinski definition) is 3. The predicted octanol–water partition coefficient (Wildman–Crippen LogP) is 3.48. The van der Waals surface area contributed by atoms with Gasteiger partial charge in [0.1, 0.15) is 11.9 Å². The molecule has 0 radical (unpaired) electrons. The molecule has 0 aliphatic heterocycles. The van der Waals surface area contributed by atoms with E-state index in [4.69, 9.17) is 5.26 Å². The fraction of sp³-hybridized carbons (Fsp3) is 0.0769. The molecule has 2 nitrogen and oxygen atoms in total. The highest BCUT2D eigenvalue weighted by Gasteiger charge is 2.06. The fourth-order valence-electron chi connectivity index (χ4n) is 1.51. The second-order valence-electron chi connectivity index (χ2n) is 3.40. The molecule has 0 fully saturated rings. The highest BCUT2D eigenvalue weighted by Crippen LogP contribution is 2.26. The quantitative estimate of drug-likeness (QED) is 0.759. The molecule has 1 aromatic carbocycles. The van der Waals surface area contributed by atoms with Crippen molar-refractivity contribution in [3.8, 4) is 17.2 Å². The van der Waals surface area contributed by atoms with Crippen LogP contribution >= 0.6 is 11.8 Å². The second kappa shape index (κ2) is 4.98. The van der Waals surface area contributed by atoms with Gasteiger partial charge in [0.15, 0.2) is 5.69 Å². The highest BCUT2D eigenvalue weighted by molar-refractivity contribution is 7.98. The molecule has 0 amide bonds. The van der Waals surface area contributed by atoms with E-state index in [1.807, 2.05) is 24.5 Å². The minimum absolute atomic E-state index is 0.280. The van der Waals surface area contributed by atoms with Crippen LogP contribution in [0.4, 0.5) is 4.39 Å². The summed E-state index contributed by atoms with van der Waals surface area (Å²) in [7, 11) is 0. The summed E-state index contributed by atoms with van der Waals surface area (Å²) in [6.07, 6.45) is 3.47. The number of pyridine rings is 1. The van der Waals surface area contributed by atoms with E-state index in [0.29, 0.717) is 5.69 Å². The van der Waals surface area contributed by atoms with Crippen LogP contribution in [0.15, 0.2) is 41.4 Å². The fourth-order valence-corrected chi connectivity index (χ4v) is 2.05. The van der Waals surface area contributed by atoms with Gasteiger partial charge in [-0.2, -0.15) is 5.26 Å². The average molecular weight is 244 g/mol. The molecule has 0 aliphatic rings. The van der Waals surface area contributed by atoms with Crippen LogP contribution in [0.3, 0.4) is 0 Å².